The first-order valence-electron chi connectivity index (χ1n) is 3.92. The number of hydrogen-bond donors (Lipinski definition) is 2. The number of imidazole rings is 1. The first-order chi connectivity index (χ1) is 6.74. The second-order valence-corrected chi connectivity index (χ2v) is 2.72. The van der Waals surface area contributed by atoms with Crippen molar-refractivity contribution in [3.63, 3.8) is 0 Å². The summed E-state index contributed by atoms with van der Waals surface area (Å²) in [6, 6.07) is 0. The molecule has 2 rings (SSSR count). The molecule has 0 saturated carbocycles. The number of nitrogens with one attached hydrogen (secondary N) is 1. The maximum atomic E-state index is 11.7. The van der Waals surface area contributed by atoms with Crippen LogP contribution in [0.5, 0.6) is 0 Å². The van der Waals surface area contributed by atoms with E-state index in [1.165, 1.54) is 18.0 Å². The number of methoxy groups -OCH3 is 1. The van der Waals surface area contributed by atoms with Gasteiger partial charge in [-0.2, -0.15) is 4.98 Å². The number of ether oxygens (including phenoxy) is 1. The Hall–Kier alpha value is -1.89. The minimum Gasteiger partial charge on any atom is -0.369 e. The number of hydrogen-bond acceptors (Lipinski definition) is 5. The van der Waals surface area contributed by atoms with Gasteiger partial charge in [-0.15, -0.1) is 0 Å². The van der Waals surface area contributed by atoms with Crippen LogP contribution < -0.4 is 11.3 Å². The Labute approximate surface area is 78.5 Å². The fraction of sp³-hybridized carbons (Fsp3) is 0.286. The number of nitrogens with zero attached hydrogens (tertiary/aromatic N) is 3. The highest BCUT2D eigenvalue weighted by Crippen LogP contribution is 2.03. The third kappa shape index (κ3) is 1.14. The lowest BCUT2D eigenvalue weighted by Gasteiger charge is -2.05. The van der Waals surface area contributed by atoms with Crippen LogP contribution >= 0.6 is 0 Å². The van der Waals surface area contributed by atoms with Crippen LogP contribution in [-0.4, -0.2) is 26.6 Å². The van der Waals surface area contributed by atoms with E-state index in [0.29, 0.717) is 11.2 Å². The quantitative estimate of drug-likeness (QED) is 0.660. The molecule has 0 radical (unpaired) electrons. The Kier molecular flexibility index (Phi) is 1.93. The van der Waals surface area contributed by atoms with Gasteiger partial charge in [0.05, 0.1) is 6.33 Å². The number of nitrogens with two attached hydrogens (primary N) is 1. The van der Waals surface area contributed by atoms with Gasteiger partial charge in [0.1, 0.15) is 6.73 Å². The number of rotatable bonds is 2. The molecule has 2 aromatic rings. The summed E-state index contributed by atoms with van der Waals surface area (Å²) in [7, 11) is 1.48. The molecule has 2 aromatic heterocycles. The van der Waals surface area contributed by atoms with Crippen molar-refractivity contribution >= 4 is 17.1 Å². The zero-order valence-corrected chi connectivity index (χ0v) is 7.52. The Morgan fingerprint density at radius 1 is 1.71 bits per heavy atom. The second-order valence-electron chi connectivity index (χ2n) is 2.72. The van der Waals surface area contributed by atoms with Crippen molar-refractivity contribution in [2.45, 2.75) is 6.73 Å². The summed E-state index contributed by atoms with van der Waals surface area (Å²) in [6.45, 7) is 0.0760. The number of anilines is 1. The largest absolute Gasteiger partial charge is 0.369 e. The lowest BCUT2D eigenvalue weighted by Crippen LogP contribution is -2.25. The average Bonchev–Trinajstić information content (AvgIpc) is 2.60. The predicted octanol–water partition coefficient (Wildman–Crippen LogP) is -0.694. The minimum absolute atomic E-state index is 0.0760. The van der Waals surface area contributed by atoms with E-state index in [1.807, 2.05) is 0 Å². The lowest BCUT2D eigenvalue weighted by molar-refractivity contribution is 0.129. The van der Waals surface area contributed by atoms with Gasteiger partial charge in [0, 0.05) is 7.11 Å². The van der Waals surface area contributed by atoms with Crippen molar-refractivity contribution in [2.75, 3.05) is 12.8 Å². The van der Waals surface area contributed by atoms with Crippen molar-refractivity contribution < 1.29 is 4.74 Å². The molecule has 0 aliphatic heterocycles. The van der Waals surface area contributed by atoms with Gasteiger partial charge >= 0.3 is 0 Å². The third-order valence-corrected chi connectivity index (χ3v) is 1.83. The molecule has 0 amide bonds. The molecule has 0 fully saturated rings. The monoisotopic (exact) mass is 195 g/mol. The smallest absolute Gasteiger partial charge is 0.282 e. The highest BCUT2D eigenvalue weighted by atomic mass is 16.5. The maximum Gasteiger partial charge on any atom is 0.282 e. The van der Waals surface area contributed by atoms with Gasteiger partial charge in [0.2, 0.25) is 5.95 Å². The second kappa shape index (κ2) is 3.11. The molecule has 0 aliphatic carbocycles. The van der Waals surface area contributed by atoms with Crippen LogP contribution in [-0.2, 0) is 11.5 Å². The molecule has 0 bridgehead atoms. The lowest BCUT2D eigenvalue weighted by atomic mass is 10.5. The summed E-state index contributed by atoms with van der Waals surface area (Å²) in [4.78, 5) is 22.2. The molecule has 7 nitrogen and oxygen atoms in total. The number of nitrogen functional groups attached to an aromatic ring is 1. The van der Waals surface area contributed by atoms with Gasteiger partial charge in [-0.25, -0.2) is 4.98 Å². The Morgan fingerprint density at radius 3 is 3.21 bits per heavy atom. The van der Waals surface area contributed by atoms with Crippen LogP contribution in [0.25, 0.3) is 11.2 Å². The molecule has 2 heterocycles. The fourth-order valence-electron chi connectivity index (χ4n) is 1.19. The van der Waals surface area contributed by atoms with Crippen molar-refractivity contribution in [3.8, 4) is 0 Å². The molecule has 0 aliphatic rings. The summed E-state index contributed by atoms with van der Waals surface area (Å²) < 4.78 is 6.05. The summed E-state index contributed by atoms with van der Waals surface area (Å²) in [5, 5.41) is 0. The molecule has 0 saturated heterocycles. The third-order valence-electron chi connectivity index (χ3n) is 1.83. The predicted molar refractivity (Wildman–Crippen MR) is 49.6 cm³/mol. The Morgan fingerprint density at radius 2 is 2.50 bits per heavy atom. The van der Waals surface area contributed by atoms with Crippen LogP contribution in [0.4, 0.5) is 5.95 Å². The normalized spacial score (nSPS) is 10.9. The van der Waals surface area contributed by atoms with E-state index < -0.39 is 0 Å². The zero-order valence-electron chi connectivity index (χ0n) is 7.52. The summed E-state index contributed by atoms with van der Waals surface area (Å²) in [5.74, 6) is 0.0939. The number of fused-ring (bicyclic) bond motifs is 1. The van der Waals surface area contributed by atoms with Crippen molar-refractivity contribution in [1.82, 2.24) is 19.5 Å². The van der Waals surface area contributed by atoms with Gasteiger partial charge < -0.3 is 15.5 Å². The zero-order chi connectivity index (χ0) is 10.1. The standard InChI is InChI=1S/C7H9N5O2/c1-14-3-12-6(13)4-5(10-2-9-4)11-7(12)8/h2H,3H2,1H3,(H2,8,11)(H,9,10). The molecule has 0 spiro atoms. The van der Waals surface area contributed by atoms with E-state index in [2.05, 4.69) is 15.0 Å². The van der Waals surface area contributed by atoms with Crippen LogP contribution in [0, 0.1) is 0 Å². The number of aromatic nitrogens is 4. The molecule has 0 aromatic carbocycles. The molecule has 74 valence electrons. The summed E-state index contributed by atoms with van der Waals surface area (Å²) >= 11 is 0. The maximum absolute atomic E-state index is 11.7. The van der Waals surface area contributed by atoms with Crippen LogP contribution in [0.1, 0.15) is 0 Å². The highest BCUT2D eigenvalue weighted by molar-refractivity contribution is 5.69. The first kappa shape index (κ1) is 8.70. The average molecular weight is 195 g/mol. The minimum atomic E-state index is -0.285. The fourth-order valence-corrected chi connectivity index (χ4v) is 1.19. The van der Waals surface area contributed by atoms with Crippen LogP contribution in [0.2, 0.25) is 0 Å². The van der Waals surface area contributed by atoms with Crippen molar-refractivity contribution in [3.05, 3.63) is 16.7 Å². The van der Waals surface area contributed by atoms with Gasteiger partial charge in [0.25, 0.3) is 5.56 Å². The summed E-state index contributed by atoms with van der Waals surface area (Å²) in [6.07, 6.45) is 1.40. The molecule has 0 atom stereocenters. The number of aromatic amines is 1. The summed E-state index contributed by atoms with van der Waals surface area (Å²) in [5.41, 5.74) is 5.91. The topological polar surface area (TPSA) is 98.8 Å². The highest BCUT2D eigenvalue weighted by Gasteiger charge is 2.09. The Bertz CT molecular complexity index is 514. The van der Waals surface area contributed by atoms with Crippen LogP contribution in [0.15, 0.2) is 11.1 Å². The molecular formula is C7H9N5O2. The SMILES string of the molecule is COCn1c(N)nc2nc[nH]c2c1=O. The van der Waals surface area contributed by atoms with E-state index in [9.17, 15) is 4.79 Å². The van der Waals surface area contributed by atoms with E-state index in [-0.39, 0.29) is 18.2 Å². The van der Waals surface area contributed by atoms with Gasteiger partial charge in [-0.05, 0) is 0 Å². The van der Waals surface area contributed by atoms with Crippen molar-refractivity contribution in [2.24, 2.45) is 0 Å². The number of H-pyrrole nitrogens is 1. The van der Waals surface area contributed by atoms with Gasteiger partial charge in [-0.1, -0.05) is 0 Å². The van der Waals surface area contributed by atoms with E-state index in [0.717, 1.165) is 0 Å². The van der Waals surface area contributed by atoms with E-state index in [1.54, 1.807) is 0 Å². The molecular weight excluding hydrogens is 186 g/mol. The van der Waals surface area contributed by atoms with E-state index in [4.69, 9.17) is 10.5 Å². The van der Waals surface area contributed by atoms with Crippen LogP contribution in [0.3, 0.4) is 0 Å². The Balaban J connectivity index is 2.76. The van der Waals surface area contributed by atoms with Gasteiger partial charge in [-0.3, -0.25) is 9.36 Å². The molecule has 7 heteroatoms. The van der Waals surface area contributed by atoms with Gasteiger partial charge in [0.15, 0.2) is 11.2 Å². The van der Waals surface area contributed by atoms with Crippen molar-refractivity contribution in [1.29, 1.82) is 0 Å². The van der Waals surface area contributed by atoms with E-state index >= 15 is 0 Å². The molecule has 0 unspecified atom stereocenters. The molecule has 14 heavy (non-hydrogen) atoms. The first-order valence-corrected chi connectivity index (χ1v) is 3.92. The molecule has 3 N–H and O–H groups in total.